The van der Waals surface area contributed by atoms with Gasteiger partial charge in [0.2, 0.25) is 0 Å². The molecule has 0 bridgehead atoms. The van der Waals surface area contributed by atoms with Crippen molar-refractivity contribution in [3.05, 3.63) is 87.5 Å². The van der Waals surface area contributed by atoms with Crippen LogP contribution < -0.4 is 4.74 Å². The third-order valence-corrected chi connectivity index (χ3v) is 8.23. The number of phenolic OH excluding ortho intramolecular Hbond substituents is 1. The number of aliphatic hydroxyl groups excluding tert-OH is 1. The maximum absolute atomic E-state index is 13.6. The van der Waals surface area contributed by atoms with Crippen LogP contribution in [0.4, 0.5) is 4.39 Å². The third kappa shape index (κ3) is 5.68. The van der Waals surface area contributed by atoms with Crippen LogP contribution in [0.25, 0.3) is 10.1 Å². The van der Waals surface area contributed by atoms with Crippen molar-refractivity contribution >= 4 is 33.0 Å². The number of rotatable bonds is 7. The number of nitrogens with zero attached hydrogens (tertiary/aromatic N) is 1. The van der Waals surface area contributed by atoms with Gasteiger partial charge in [-0.2, -0.15) is 0 Å². The first-order valence-corrected chi connectivity index (χ1v) is 13.5. The predicted octanol–water partition coefficient (Wildman–Crippen LogP) is 7.69. The molecule has 0 radical (unpaired) electrons. The zero-order valence-corrected chi connectivity index (χ0v) is 21.5. The van der Waals surface area contributed by atoms with E-state index < -0.39 is 11.9 Å². The number of hydrogen-bond donors (Lipinski definition) is 2. The lowest BCUT2D eigenvalue weighted by atomic mass is 10.1. The minimum atomic E-state index is -1.11. The van der Waals surface area contributed by atoms with Crippen molar-refractivity contribution < 1.29 is 19.3 Å². The fraction of sp³-hybridized carbons (Fsp3) is 0.310. The van der Waals surface area contributed by atoms with Gasteiger partial charge in [-0.3, -0.25) is 0 Å². The van der Waals surface area contributed by atoms with Gasteiger partial charge in [-0.25, -0.2) is 4.39 Å². The van der Waals surface area contributed by atoms with E-state index in [0.717, 1.165) is 23.1 Å². The number of benzene rings is 3. The summed E-state index contributed by atoms with van der Waals surface area (Å²) in [7, 11) is 0. The second-order valence-corrected chi connectivity index (χ2v) is 10.8. The highest BCUT2D eigenvalue weighted by Gasteiger charge is 2.24. The molecule has 1 saturated heterocycles. The van der Waals surface area contributed by atoms with Crippen molar-refractivity contribution in [1.29, 1.82) is 0 Å². The van der Waals surface area contributed by atoms with E-state index in [1.165, 1.54) is 73.9 Å². The first-order chi connectivity index (χ1) is 17.5. The largest absolute Gasteiger partial charge is 0.508 e. The molecule has 1 aromatic heterocycles. The van der Waals surface area contributed by atoms with Crippen molar-refractivity contribution in [3.8, 4) is 17.2 Å². The number of fused-ring (bicyclic) bond motifs is 1. The lowest BCUT2D eigenvalue weighted by Crippen LogP contribution is -2.26. The van der Waals surface area contributed by atoms with Gasteiger partial charge in [0.05, 0.1) is 4.88 Å². The van der Waals surface area contributed by atoms with Gasteiger partial charge in [-0.1, -0.05) is 42.6 Å². The molecule has 0 saturated carbocycles. The number of aliphatic hydroxyl groups is 1. The number of hydrogen-bond acceptors (Lipinski definition) is 5. The zero-order valence-electron chi connectivity index (χ0n) is 19.9. The van der Waals surface area contributed by atoms with Crippen molar-refractivity contribution in [1.82, 2.24) is 4.90 Å². The minimum absolute atomic E-state index is 0.130. The molecule has 1 aliphatic rings. The number of halogens is 2. The lowest BCUT2D eigenvalue weighted by molar-refractivity contribution is 0.221. The molecule has 36 heavy (non-hydrogen) atoms. The molecule has 1 atom stereocenters. The van der Waals surface area contributed by atoms with Crippen molar-refractivity contribution in [2.24, 2.45) is 0 Å². The van der Waals surface area contributed by atoms with Gasteiger partial charge < -0.3 is 19.8 Å². The van der Waals surface area contributed by atoms with E-state index in [-0.39, 0.29) is 10.8 Å². The van der Waals surface area contributed by atoms with Crippen LogP contribution in [-0.2, 0) is 6.42 Å². The topological polar surface area (TPSA) is 52.9 Å². The van der Waals surface area contributed by atoms with Crippen molar-refractivity contribution in [2.75, 3.05) is 19.6 Å². The molecule has 0 aliphatic carbocycles. The predicted molar refractivity (Wildman–Crippen MR) is 144 cm³/mol. The van der Waals surface area contributed by atoms with Gasteiger partial charge in [0, 0.05) is 27.2 Å². The summed E-state index contributed by atoms with van der Waals surface area (Å²) in [5, 5.41) is 22.1. The fourth-order valence-electron chi connectivity index (χ4n) is 4.72. The van der Waals surface area contributed by atoms with E-state index in [0.29, 0.717) is 21.9 Å². The average molecular weight is 526 g/mol. The normalized spacial score (nSPS) is 15.6. The molecule has 2 N–H and O–H groups in total. The summed E-state index contributed by atoms with van der Waals surface area (Å²) in [6.45, 7) is 3.43. The van der Waals surface area contributed by atoms with E-state index in [4.69, 9.17) is 16.3 Å². The van der Waals surface area contributed by atoms with Gasteiger partial charge >= 0.3 is 0 Å². The Morgan fingerprint density at radius 2 is 1.72 bits per heavy atom. The first-order valence-electron chi connectivity index (χ1n) is 12.4. The van der Waals surface area contributed by atoms with Crippen LogP contribution >= 0.6 is 22.9 Å². The lowest BCUT2D eigenvalue weighted by Gasteiger charge is -2.19. The van der Waals surface area contributed by atoms with E-state index >= 15 is 0 Å². The molecule has 4 nitrogen and oxygen atoms in total. The quantitative estimate of drug-likeness (QED) is 0.259. The third-order valence-electron chi connectivity index (χ3n) is 6.72. The van der Waals surface area contributed by atoms with E-state index in [2.05, 4.69) is 17.0 Å². The molecule has 1 unspecified atom stereocenters. The highest BCUT2D eigenvalue weighted by atomic mass is 35.5. The van der Waals surface area contributed by atoms with Crippen LogP contribution in [0, 0.1) is 5.82 Å². The highest BCUT2D eigenvalue weighted by Crippen LogP contribution is 2.47. The molecule has 7 heteroatoms. The minimum Gasteiger partial charge on any atom is -0.508 e. The van der Waals surface area contributed by atoms with Crippen LogP contribution in [0.5, 0.6) is 17.2 Å². The molecule has 2 heterocycles. The second kappa shape index (κ2) is 11.2. The van der Waals surface area contributed by atoms with Crippen molar-refractivity contribution in [2.45, 2.75) is 38.2 Å². The van der Waals surface area contributed by atoms with Crippen LogP contribution in [0.2, 0.25) is 5.02 Å². The summed E-state index contributed by atoms with van der Waals surface area (Å²) in [6, 6.07) is 17.0. The maximum Gasteiger partial charge on any atom is 0.152 e. The monoisotopic (exact) mass is 525 g/mol. The summed E-state index contributed by atoms with van der Waals surface area (Å²) in [5.41, 5.74) is 1.65. The van der Waals surface area contributed by atoms with Crippen LogP contribution in [0.3, 0.4) is 0 Å². The standard InChI is InChI=1S/C29H29ClFNO3S/c30-25-17-20(31)7-11-23(25)27(34)29-28(24-12-8-21(33)18-26(24)36-29)35-22-9-5-19(6-10-22)13-16-32-14-3-1-2-4-15-32/h5-12,17-18,27,33-34H,1-4,13-16H2. The average Bonchev–Trinajstić information content (AvgIpc) is 3.02. The molecule has 0 amide bonds. The Bertz CT molecular complexity index is 1330. The Morgan fingerprint density at radius 3 is 2.44 bits per heavy atom. The van der Waals surface area contributed by atoms with Gasteiger partial charge in [-0.05, 0) is 80.4 Å². The molecule has 1 aliphatic heterocycles. The number of likely N-dealkylation sites (tertiary alicyclic amines) is 1. The first kappa shape index (κ1) is 25.0. The summed E-state index contributed by atoms with van der Waals surface area (Å²) < 4.78 is 20.7. The molecule has 5 rings (SSSR count). The van der Waals surface area contributed by atoms with Gasteiger partial charge in [0.1, 0.15) is 23.4 Å². The number of aromatic hydroxyl groups is 1. The van der Waals surface area contributed by atoms with E-state index in [1.807, 2.05) is 12.1 Å². The molecule has 3 aromatic carbocycles. The maximum atomic E-state index is 13.6. The number of phenols is 1. The van der Waals surface area contributed by atoms with Crippen LogP contribution in [-0.4, -0.2) is 34.7 Å². The summed E-state index contributed by atoms with van der Waals surface area (Å²) in [4.78, 5) is 3.09. The number of ether oxygens (including phenoxy) is 1. The Hall–Kier alpha value is -2.64. The van der Waals surface area contributed by atoms with Crippen LogP contribution in [0.15, 0.2) is 60.7 Å². The van der Waals surface area contributed by atoms with Gasteiger partial charge in [0.15, 0.2) is 5.75 Å². The second-order valence-electron chi connectivity index (χ2n) is 9.30. The Labute approximate surface area is 219 Å². The smallest absolute Gasteiger partial charge is 0.152 e. The summed E-state index contributed by atoms with van der Waals surface area (Å²) in [5.74, 6) is 0.815. The highest BCUT2D eigenvalue weighted by molar-refractivity contribution is 7.19. The van der Waals surface area contributed by atoms with E-state index in [9.17, 15) is 14.6 Å². The molecular formula is C29H29ClFNO3S. The van der Waals surface area contributed by atoms with E-state index in [1.54, 1.807) is 18.2 Å². The molecule has 4 aromatic rings. The summed E-state index contributed by atoms with van der Waals surface area (Å²) >= 11 is 7.55. The van der Waals surface area contributed by atoms with Gasteiger partial charge in [0.25, 0.3) is 0 Å². The zero-order chi connectivity index (χ0) is 25.1. The fourth-order valence-corrected chi connectivity index (χ4v) is 6.16. The molecule has 1 fully saturated rings. The molecular weight excluding hydrogens is 497 g/mol. The Morgan fingerprint density at radius 1 is 0.972 bits per heavy atom. The Balaban J connectivity index is 1.39. The molecule has 188 valence electrons. The van der Waals surface area contributed by atoms with Crippen LogP contribution in [0.1, 0.15) is 47.8 Å². The summed E-state index contributed by atoms with van der Waals surface area (Å²) in [6.07, 6.45) is 5.13. The number of thiophene rings is 1. The van der Waals surface area contributed by atoms with Gasteiger partial charge in [-0.15, -0.1) is 11.3 Å². The SMILES string of the molecule is Oc1ccc2c(Oc3ccc(CCN4CCCCCC4)cc3)c(C(O)c3ccc(F)cc3Cl)sc2c1. The molecule has 0 spiro atoms. The van der Waals surface area contributed by atoms with Crippen molar-refractivity contribution in [3.63, 3.8) is 0 Å². The Kier molecular flexibility index (Phi) is 7.77.